The maximum atomic E-state index is 13.5. The van der Waals surface area contributed by atoms with Crippen molar-refractivity contribution < 1.29 is 23.1 Å². The summed E-state index contributed by atoms with van der Waals surface area (Å²) in [6.07, 6.45) is 0.938. The van der Waals surface area contributed by atoms with Crippen LogP contribution in [0.1, 0.15) is 36.2 Å². The van der Waals surface area contributed by atoms with Crippen molar-refractivity contribution in [2.75, 3.05) is 18.1 Å². The molecule has 0 aliphatic carbocycles. The number of aliphatic hydroxyl groups excluding tert-OH is 1. The van der Waals surface area contributed by atoms with Gasteiger partial charge >= 0.3 is 6.09 Å². The van der Waals surface area contributed by atoms with Gasteiger partial charge in [0, 0.05) is 17.3 Å². The van der Waals surface area contributed by atoms with Crippen LogP contribution in [0.2, 0.25) is 5.02 Å². The normalized spacial score (nSPS) is 19.9. The van der Waals surface area contributed by atoms with E-state index >= 15 is 0 Å². The number of hydrogen-bond donors (Lipinski definition) is 1. The van der Waals surface area contributed by atoms with Crippen molar-refractivity contribution in [3.63, 3.8) is 0 Å². The van der Waals surface area contributed by atoms with Gasteiger partial charge in [0.2, 0.25) is 0 Å². The Kier molecular flexibility index (Phi) is 4.40. The van der Waals surface area contributed by atoms with E-state index in [4.69, 9.17) is 16.3 Å². The number of carbonyl (C=O) groups is 1. The van der Waals surface area contributed by atoms with Crippen LogP contribution in [-0.4, -0.2) is 37.8 Å². The van der Waals surface area contributed by atoms with Crippen molar-refractivity contribution in [1.82, 2.24) is 4.98 Å². The molecule has 0 bridgehead atoms. The summed E-state index contributed by atoms with van der Waals surface area (Å²) in [6.45, 7) is 5.42. The third-order valence-corrected chi connectivity index (χ3v) is 8.33. The Morgan fingerprint density at radius 3 is 2.66 bits per heavy atom. The number of cyclic esters (lactones) is 1. The predicted molar refractivity (Wildman–Crippen MR) is 111 cm³/mol. The summed E-state index contributed by atoms with van der Waals surface area (Å²) < 4.78 is 30.7. The van der Waals surface area contributed by atoms with Gasteiger partial charge in [-0.05, 0) is 32.4 Å². The summed E-state index contributed by atoms with van der Waals surface area (Å²) in [5, 5.41) is 11.0. The molecule has 1 aromatic heterocycles. The first-order chi connectivity index (χ1) is 13.6. The van der Waals surface area contributed by atoms with E-state index in [1.807, 2.05) is 0 Å². The molecular weight excluding hydrogens is 416 g/mol. The van der Waals surface area contributed by atoms with Crippen LogP contribution >= 0.6 is 11.6 Å². The van der Waals surface area contributed by atoms with Crippen LogP contribution in [0.3, 0.4) is 0 Å². The van der Waals surface area contributed by atoms with Crippen LogP contribution in [-0.2, 0) is 19.3 Å². The Morgan fingerprint density at radius 1 is 1.28 bits per heavy atom. The van der Waals surface area contributed by atoms with Gasteiger partial charge in [-0.25, -0.2) is 13.2 Å². The minimum Gasteiger partial charge on any atom is -0.504 e. The van der Waals surface area contributed by atoms with E-state index in [1.54, 1.807) is 39.0 Å². The number of sulfone groups is 1. The number of amides is 1. The van der Waals surface area contributed by atoms with Gasteiger partial charge in [0.25, 0.3) is 0 Å². The van der Waals surface area contributed by atoms with Crippen LogP contribution < -0.4 is 4.90 Å². The molecular formula is C20H19ClN2O5S. The molecule has 9 heteroatoms. The molecule has 2 aliphatic rings. The zero-order chi connectivity index (χ0) is 21.1. The van der Waals surface area contributed by atoms with E-state index in [9.17, 15) is 18.3 Å². The summed E-state index contributed by atoms with van der Waals surface area (Å²) in [7, 11) is -4.04. The van der Waals surface area contributed by atoms with E-state index in [1.165, 1.54) is 17.2 Å². The molecule has 29 heavy (non-hydrogen) atoms. The zero-order valence-electron chi connectivity index (χ0n) is 16.1. The molecule has 0 saturated carbocycles. The lowest BCUT2D eigenvalue weighted by Gasteiger charge is -2.33. The van der Waals surface area contributed by atoms with Gasteiger partial charge in [0.05, 0.1) is 22.0 Å². The first-order valence-corrected chi connectivity index (χ1v) is 10.8. The van der Waals surface area contributed by atoms with E-state index in [0.717, 1.165) is 0 Å². The highest BCUT2D eigenvalue weighted by molar-refractivity contribution is 8.01. The number of aromatic nitrogens is 1. The van der Waals surface area contributed by atoms with Crippen molar-refractivity contribution in [3.8, 4) is 0 Å². The lowest BCUT2D eigenvalue weighted by atomic mass is 9.97. The number of aryl methyl sites for hydroxylation is 1. The summed E-state index contributed by atoms with van der Waals surface area (Å²) in [5.41, 5.74) is 1.78. The molecule has 152 valence electrons. The molecule has 2 aromatic rings. The number of carbonyl (C=O) groups excluding carboxylic acids is 1. The number of halogens is 1. The Balaban J connectivity index is 2.04. The number of fused-ring (bicyclic) bond motifs is 1. The first kappa shape index (κ1) is 19.7. The van der Waals surface area contributed by atoms with Crippen molar-refractivity contribution in [1.29, 1.82) is 0 Å². The Labute approximate surface area is 173 Å². The number of hydrogen-bond acceptors (Lipinski definition) is 6. The fourth-order valence-corrected chi connectivity index (χ4v) is 5.99. The van der Waals surface area contributed by atoms with Gasteiger partial charge in [-0.15, -0.1) is 0 Å². The fraction of sp³-hybridized carbons (Fsp3) is 0.300. The Bertz CT molecular complexity index is 1190. The molecule has 1 N–H and O–H groups in total. The molecule has 3 heterocycles. The zero-order valence-corrected chi connectivity index (χ0v) is 17.6. The van der Waals surface area contributed by atoms with E-state index < -0.39 is 26.4 Å². The molecule has 1 amide bonds. The largest absolute Gasteiger partial charge is 0.504 e. The number of benzene rings is 1. The van der Waals surface area contributed by atoms with Crippen LogP contribution in [0.15, 0.2) is 30.5 Å². The van der Waals surface area contributed by atoms with Crippen molar-refractivity contribution in [2.45, 2.75) is 25.5 Å². The highest BCUT2D eigenvalue weighted by Gasteiger charge is 2.48. The molecule has 0 atom stereocenters. The highest BCUT2D eigenvalue weighted by Crippen LogP contribution is 2.50. The molecule has 4 rings (SSSR count). The van der Waals surface area contributed by atoms with Crippen molar-refractivity contribution >= 4 is 43.9 Å². The highest BCUT2D eigenvalue weighted by atomic mass is 35.5. The first-order valence-electron chi connectivity index (χ1n) is 8.96. The number of rotatable bonds is 2. The standard InChI is InChI=1S/C20H19ClN2O5S/c1-11-6-7-12(14(21)16(11)23-9-10-28-19(23)25)18-17(24)15-13(5-4-8-22-15)20(2,3)29(18,26)27/h4-8,24H,9-10H2,1-3H3. The quantitative estimate of drug-likeness (QED) is 0.765. The van der Waals surface area contributed by atoms with E-state index in [-0.39, 0.29) is 27.8 Å². The van der Waals surface area contributed by atoms with Gasteiger partial charge in [-0.1, -0.05) is 29.8 Å². The van der Waals surface area contributed by atoms with Crippen LogP contribution in [0.25, 0.3) is 10.7 Å². The smallest absolute Gasteiger partial charge is 0.414 e. The van der Waals surface area contributed by atoms with E-state index in [0.29, 0.717) is 23.4 Å². The number of anilines is 1. The number of nitrogens with zero attached hydrogens (tertiary/aromatic N) is 2. The lowest BCUT2D eigenvalue weighted by Crippen LogP contribution is -2.35. The molecule has 1 aromatic carbocycles. The number of aliphatic hydroxyl groups is 1. The minimum atomic E-state index is -4.04. The average Bonchev–Trinajstić information content (AvgIpc) is 3.08. The Hall–Kier alpha value is -2.58. The average molecular weight is 435 g/mol. The molecule has 2 aliphatic heterocycles. The van der Waals surface area contributed by atoms with Gasteiger partial charge in [0.1, 0.15) is 17.2 Å². The SMILES string of the molecule is Cc1ccc(C2=C(O)c3ncccc3C(C)(C)S2(=O)=O)c(Cl)c1N1CCOC1=O. The molecule has 1 saturated heterocycles. The number of pyridine rings is 1. The molecule has 0 spiro atoms. The van der Waals surface area contributed by atoms with Crippen molar-refractivity contribution in [3.05, 3.63) is 57.9 Å². The van der Waals surface area contributed by atoms with Crippen LogP contribution in [0.4, 0.5) is 10.5 Å². The molecule has 0 unspecified atom stereocenters. The van der Waals surface area contributed by atoms with Gasteiger partial charge in [-0.2, -0.15) is 0 Å². The van der Waals surface area contributed by atoms with Crippen LogP contribution in [0, 0.1) is 6.92 Å². The summed E-state index contributed by atoms with van der Waals surface area (Å²) in [6, 6.07) is 6.47. The Morgan fingerprint density at radius 2 is 2.00 bits per heavy atom. The topological polar surface area (TPSA) is 96.8 Å². The van der Waals surface area contributed by atoms with Gasteiger partial charge < -0.3 is 9.84 Å². The fourth-order valence-electron chi connectivity index (χ4n) is 3.75. The monoisotopic (exact) mass is 434 g/mol. The van der Waals surface area contributed by atoms with Crippen molar-refractivity contribution in [2.24, 2.45) is 0 Å². The molecule has 7 nitrogen and oxygen atoms in total. The summed E-state index contributed by atoms with van der Waals surface area (Å²) in [4.78, 5) is 17.3. The summed E-state index contributed by atoms with van der Waals surface area (Å²) in [5.74, 6) is -0.458. The lowest BCUT2D eigenvalue weighted by molar-refractivity contribution is 0.181. The third-order valence-electron chi connectivity index (χ3n) is 5.43. The van der Waals surface area contributed by atoms with Crippen LogP contribution in [0.5, 0.6) is 0 Å². The minimum absolute atomic E-state index is 0.0594. The maximum Gasteiger partial charge on any atom is 0.414 e. The number of ether oxygens (including phenoxy) is 1. The van der Waals surface area contributed by atoms with Gasteiger partial charge in [-0.3, -0.25) is 9.88 Å². The molecule has 0 radical (unpaired) electrons. The second-order valence-corrected chi connectivity index (χ2v) is 10.3. The van der Waals surface area contributed by atoms with Gasteiger partial charge in [0.15, 0.2) is 15.6 Å². The summed E-state index contributed by atoms with van der Waals surface area (Å²) >= 11 is 6.63. The predicted octanol–water partition coefficient (Wildman–Crippen LogP) is 4.05. The second kappa shape index (κ2) is 6.47. The second-order valence-electron chi connectivity index (χ2n) is 7.45. The maximum absolute atomic E-state index is 13.5. The molecule has 1 fully saturated rings. The third kappa shape index (κ3) is 2.66. The van der Waals surface area contributed by atoms with E-state index in [2.05, 4.69) is 4.98 Å².